The average molecular weight is 327 g/mol. The van der Waals surface area contributed by atoms with Crippen molar-refractivity contribution in [2.75, 3.05) is 13.7 Å². The Hall–Kier alpha value is -2.02. The van der Waals surface area contributed by atoms with Gasteiger partial charge in [-0.3, -0.25) is 9.59 Å². The van der Waals surface area contributed by atoms with E-state index in [9.17, 15) is 18.4 Å². The van der Waals surface area contributed by atoms with Crippen molar-refractivity contribution in [1.82, 2.24) is 5.32 Å². The summed E-state index contributed by atoms with van der Waals surface area (Å²) in [6.45, 7) is 1.66. The van der Waals surface area contributed by atoms with Gasteiger partial charge in [-0.25, -0.2) is 8.78 Å². The van der Waals surface area contributed by atoms with Crippen LogP contribution in [0, 0.1) is 17.6 Å². The maximum Gasteiger partial charge on any atom is 0.305 e. The Morgan fingerprint density at radius 2 is 2.09 bits per heavy atom. The molecule has 0 bridgehead atoms. The average Bonchev–Trinajstić information content (AvgIpc) is 3.21. The zero-order valence-corrected chi connectivity index (χ0v) is 12.9. The van der Waals surface area contributed by atoms with Gasteiger partial charge in [0, 0.05) is 13.0 Å². The van der Waals surface area contributed by atoms with E-state index in [0.29, 0.717) is 12.0 Å². The second-order valence-electron chi connectivity index (χ2n) is 6.18. The standard InChI is InChI=1S/C16H19F2NO4/c1-16(8-23-2,7-14(20)21)19-15(22)11-6-10(11)9-3-4-12(17)13(18)5-9/h3-5,10-11H,6-8H2,1-2H3,(H,19,22)(H,20,21). The molecule has 2 rings (SSSR count). The number of carboxylic acid groups (broad SMARTS) is 1. The second-order valence-corrected chi connectivity index (χ2v) is 6.18. The number of methoxy groups -OCH3 is 1. The maximum absolute atomic E-state index is 13.3. The number of halogens is 2. The van der Waals surface area contributed by atoms with E-state index in [1.54, 1.807) is 6.92 Å². The summed E-state index contributed by atoms with van der Waals surface area (Å²) >= 11 is 0. The molecular formula is C16H19F2NO4. The third-order valence-electron chi connectivity index (χ3n) is 3.93. The molecule has 0 aromatic heterocycles. The number of ether oxygens (including phenoxy) is 1. The quantitative estimate of drug-likeness (QED) is 0.804. The van der Waals surface area contributed by atoms with Crippen LogP contribution in [0.3, 0.4) is 0 Å². The fourth-order valence-electron chi connectivity index (χ4n) is 2.77. The molecule has 23 heavy (non-hydrogen) atoms. The SMILES string of the molecule is COCC(C)(CC(=O)O)NC(=O)C1CC1c1ccc(F)c(F)c1. The van der Waals surface area contributed by atoms with Crippen LogP contribution in [0.1, 0.15) is 31.2 Å². The van der Waals surface area contributed by atoms with E-state index in [2.05, 4.69) is 5.32 Å². The zero-order valence-electron chi connectivity index (χ0n) is 12.9. The van der Waals surface area contributed by atoms with E-state index in [4.69, 9.17) is 9.84 Å². The molecule has 5 nitrogen and oxygen atoms in total. The van der Waals surface area contributed by atoms with Gasteiger partial charge in [0.15, 0.2) is 11.6 Å². The number of hydrogen-bond acceptors (Lipinski definition) is 3. The molecule has 3 atom stereocenters. The Labute approximate surface area is 132 Å². The van der Waals surface area contributed by atoms with E-state index < -0.39 is 23.1 Å². The number of carbonyl (C=O) groups excluding carboxylic acids is 1. The Kier molecular flexibility index (Phi) is 4.99. The van der Waals surface area contributed by atoms with Gasteiger partial charge in [-0.05, 0) is 37.0 Å². The van der Waals surface area contributed by atoms with E-state index >= 15 is 0 Å². The Morgan fingerprint density at radius 1 is 1.39 bits per heavy atom. The molecular weight excluding hydrogens is 308 g/mol. The molecule has 1 aromatic carbocycles. The molecule has 0 spiro atoms. The fraction of sp³-hybridized carbons (Fsp3) is 0.500. The van der Waals surface area contributed by atoms with Gasteiger partial charge < -0.3 is 15.2 Å². The molecule has 2 N–H and O–H groups in total. The minimum atomic E-state index is -1.04. The van der Waals surface area contributed by atoms with Crippen molar-refractivity contribution in [3.05, 3.63) is 35.4 Å². The van der Waals surface area contributed by atoms with Crippen molar-refractivity contribution in [1.29, 1.82) is 0 Å². The third-order valence-corrected chi connectivity index (χ3v) is 3.93. The van der Waals surface area contributed by atoms with Crippen LogP contribution in [-0.4, -0.2) is 36.2 Å². The number of hydrogen-bond donors (Lipinski definition) is 2. The number of benzene rings is 1. The number of nitrogens with one attached hydrogen (secondary N) is 1. The smallest absolute Gasteiger partial charge is 0.305 e. The topological polar surface area (TPSA) is 75.6 Å². The summed E-state index contributed by atoms with van der Waals surface area (Å²) in [5.74, 6) is -3.77. The monoisotopic (exact) mass is 327 g/mol. The number of amides is 1. The van der Waals surface area contributed by atoms with Gasteiger partial charge >= 0.3 is 5.97 Å². The zero-order chi connectivity index (χ0) is 17.2. The minimum Gasteiger partial charge on any atom is -0.481 e. The first-order valence-electron chi connectivity index (χ1n) is 7.23. The fourth-order valence-corrected chi connectivity index (χ4v) is 2.77. The van der Waals surface area contributed by atoms with Gasteiger partial charge in [-0.2, -0.15) is 0 Å². The highest BCUT2D eigenvalue weighted by Crippen LogP contribution is 2.48. The molecule has 1 amide bonds. The van der Waals surface area contributed by atoms with Crippen LogP contribution in [-0.2, 0) is 14.3 Å². The molecule has 1 aliphatic rings. The summed E-state index contributed by atoms with van der Waals surface area (Å²) in [5, 5.41) is 11.6. The summed E-state index contributed by atoms with van der Waals surface area (Å²) < 4.78 is 31.2. The van der Waals surface area contributed by atoms with Gasteiger partial charge in [0.05, 0.1) is 18.6 Å². The molecule has 1 aromatic rings. The van der Waals surface area contributed by atoms with Crippen LogP contribution < -0.4 is 5.32 Å². The first kappa shape index (κ1) is 17.3. The van der Waals surface area contributed by atoms with Gasteiger partial charge in [-0.1, -0.05) is 6.07 Å². The molecule has 0 heterocycles. The van der Waals surface area contributed by atoms with Crippen molar-refractivity contribution in [3.8, 4) is 0 Å². The molecule has 0 radical (unpaired) electrons. The summed E-state index contributed by atoms with van der Waals surface area (Å²) in [6, 6.07) is 3.60. The van der Waals surface area contributed by atoms with E-state index in [1.165, 1.54) is 13.2 Å². The summed E-state index contributed by atoms with van der Waals surface area (Å²) in [6.07, 6.45) is 0.252. The molecule has 0 aliphatic heterocycles. The second kappa shape index (κ2) is 6.62. The predicted octanol–water partition coefficient (Wildman–Crippen LogP) is 2.06. The van der Waals surface area contributed by atoms with Crippen molar-refractivity contribution >= 4 is 11.9 Å². The van der Waals surface area contributed by atoms with Gasteiger partial charge in [-0.15, -0.1) is 0 Å². The normalized spacial score (nSPS) is 22.3. The highest BCUT2D eigenvalue weighted by molar-refractivity contribution is 5.84. The van der Waals surface area contributed by atoms with Gasteiger partial charge in [0.25, 0.3) is 0 Å². The van der Waals surface area contributed by atoms with Crippen LogP contribution in [0.25, 0.3) is 0 Å². The van der Waals surface area contributed by atoms with Crippen LogP contribution >= 0.6 is 0 Å². The van der Waals surface area contributed by atoms with Crippen LogP contribution in [0.2, 0.25) is 0 Å². The van der Waals surface area contributed by atoms with Gasteiger partial charge in [0.2, 0.25) is 5.91 Å². The molecule has 7 heteroatoms. The van der Waals surface area contributed by atoms with Crippen LogP contribution in [0.15, 0.2) is 18.2 Å². The predicted molar refractivity (Wildman–Crippen MR) is 77.9 cm³/mol. The van der Waals surface area contributed by atoms with E-state index in [1.807, 2.05) is 0 Å². The largest absolute Gasteiger partial charge is 0.481 e. The molecule has 126 valence electrons. The lowest BCUT2D eigenvalue weighted by Gasteiger charge is -2.28. The third kappa shape index (κ3) is 4.25. The highest BCUT2D eigenvalue weighted by atomic mass is 19.2. The lowest BCUT2D eigenvalue weighted by molar-refractivity contribution is -0.139. The molecule has 1 saturated carbocycles. The first-order valence-corrected chi connectivity index (χ1v) is 7.23. The van der Waals surface area contributed by atoms with Gasteiger partial charge in [0.1, 0.15) is 0 Å². The molecule has 0 saturated heterocycles. The van der Waals surface area contributed by atoms with Crippen LogP contribution in [0.5, 0.6) is 0 Å². The van der Waals surface area contributed by atoms with Crippen LogP contribution in [0.4, 0.5) is 8.78 Å². The van der Waals surface area contributed by atoms with Crippen molar-refractivity contribution in [2.45, 2.75) is 31.2 Å². The summed E-state index contributed by atoms with van der Waals surface area (Å²) in [7, 11) is 1.42. The summed E-state index contributed by atoms with van der Waals surface area (Å²) in [5.41, 5.74) is -0.450. The number of carboxylic acids is 1. The number of rotatable bonds is 7. The lowest BCUT2D eigenvalue weighted by Crippen LogP contribution is -2.51. The first-order chi connectivity index (χ1) is 10.8. The maximum atomic E-state index is 13.3. The minimum absolute atomic E-state index is 0.0631. The summed E-state index contributed by atoms with van der Waals surface area (Å²) in [4.78, 5) is 23.2. The molecule has 1 fully saturated rings. The Balaban J connectivity index is 2.01. The van der Waals surface area contributed by atoms with E-state index in [0.717, 1.165) is 12.1 Å². The molecule has 1 aliphatic carbocycles. The van der Waals surface area contributed by atoms with Crippen molar-refractivity contribution in [3.63, 3.8) is 0 Å². The molecule has 3 unspecified atom stereocenters. The number of carbonyl (C=O) groups is 2. The van der Waals surface area contributed by atoms with E-state index in [-0.39, 0.29) is 30.8 Å². The number of aliphatic carboxylic acids is 1. The Morgan fingerprint density at radius 3 is 2.65 bits per heavy atom. The lowest BCUT2D eigenvalue weighted by atomic mass is 9.98. The van der Waals surface area contributed by atoms with Crippen molar-refractivity contribution < 1.29 is 28.2 Å². The van der Waals surface area contributed by atoms with Crippen molar-refractivity contribution in [2.24, 2.45) is 5.92 Å². The highest BCUT2D eigenvalue weighted by Gasteiger charge is 2.46. The Bertz CT molecular complexity index is 622.